The van der Waals surface area contributed by atoms with E-state index in [0.29, 0.717) is 6.54 Å². The molecule has 2 rings (SSSR count). The van der Waals surface area contributed by atoms with Crippen LogP contribution in [0.4, 0.5) is 0 Å². The maximum Gasteiger partial charge on any atom is 0.326 e. The van der Waals surface area contributed by atoms with Gasteiger partial charge in [0.05, 0.1) is 0 Å². The number of carbonyl (C=O) groups is 1. The lowest BCUT2D eigenvalue weighted by Gasteiger charge is -2.23. The van der Waals surface area contributed by atoms with Gasteiger partial charge in [0.25, 0.3) is 11.5 Å². The quantitative estimate of drug-likeness (QED) is 0.549. The van der Waals surface area contributed by atoms with E-state index in [2.05, 4.69) is 15.6 Å². The summed E-state index contributed by atoms with van der Waals surface area (Å²) in [7, 11) is 0. The van der Waals surface area contributed by atoms with Crippen molar-refractivity contribution in [2.24, 2.45) is 0 Å². The van der Waals surface area contributed by atoms with Crippen LogP contribution < -0.4 is 21.9 Å². The second kappa shape index (κ2) is 5.63. The van der Waals surface area contributed by atoms with Crippen LogP contribution in [0.3, 0.4) is 0 Å². The first-order valence-corrected chi connectivity index (χ1v) is 6.00. The van der Waals surface area contributed by atoms with Gasteiger partial charge in [0.2, 0.25) is 0 Å². The minimum atomic E-state index is -0.677. The monoisotopic (exact) mass is 252 g/mol. The van der Waals surface area contributed by atoms with E-state index in [1.54, 1.807) is 0 Å². The molecule has 0 bridgehead atoms. The van der Waals surface area contributed by atoms with Crippen LogP contribution in [0.1, 0.15) is 29.8 Å². The molecule has 1 atom stereocenters. The molecule has 0 saturated carbocycles. The fourth-order valence-corrected chi connectivity index (χ4v) is 2.00. The molecule has 0 aromatic carbocycles. The van der Waals surface area contributed by atoms with Gasteiger partial charge in [-0.15, -0.1) is 0 Å². The Hall–Kier alpha value is -1.89. The molecular formula is C11H16N4O3. The number of H-pyrrole nitrogens is 2. The predicted molar refractivity (Wildman–Crippen MR) is 65.7 cm³/mol. The van der Waals surface area contributed by atoms with Crippen LogP contribution in [0.5, 0.6) is 0 Å². The summed E-state index contributed by atoms with van der Waals surface area (Å²) < 4.78 is 0. The van der Waals surface area contributed by atoms with Crippen molar-refractivity contribution >= 4 is 5.91 Å². The van der Waals surface area contributed by atoms with Crippen LogP contribution in [0.15, 0.2) is 15.7 Å². The van der Waals surface area contributed by atoms with Crippen LogP contribution in [-0.4, -0.2) is 35.0 Å². The van der Waals surface area contributed by atoms with Crippen LogP contribution in [0.2, 0.25) is 0 Å². The lowest BCUT2D eigenvalue weighted by molar-refractivity contribution is 0.0942. The molecule has 2 heterocycles. The van der Waals surface area contributed by atoms with Gasteiger partial charge in [0, 0.05) is 18.7 Å². The number of nitrogens with one attached hydrogen (secondary N) is 4. The molecule has 1 amide bonds. The van der Waals surface area contributed by atoms with E-state index in [-0.39, 0.29) is 11.7 Å². The highest BCUT2D eigenvalue weighted by atomic mass is 16.2. The number of carbonyl (C=O) groups excluding carboxylic acids is 1. The van der Waals surface area contributed by atoms with Crippen molar-refractivity contribution in [1.82, 2.24) is 20.6 Å². The predicted octanol–water partition coefficient (Wildman–Crippen LogP) is -1.06. The van der Waals surface area contributed by atoms with Crippen LogP contribution in [0.25, 0.3) is 0 Å². The summed E-state index contributed by atoms with van der Waals surface area (Å²) in [5.41, 5.74) is -1.28. The van der Waals surface area contributed by atoms with E-state index in [9.17, 15) is 14.4 Å². The Balaban J connectivity index is 1.94. The molecule has 1 aliphatic heterocycles. The summed E-state index contributed by atoms with van der Waals surface area (Å²) in [4.78, 5) is 38.1. The Labute approximate surface area is 103 Å². The fraction of sp³-hybridized carbons (Fsp3) is 0.545. The van der Waals surface area contributed by atoms with Gasteiger partial charge in [0.15, 0.2) is 0 Å². The summed E-state index contributed by atoms with van der Waals surface area (Å²) in [5, 5.41) is 5.99. The highest BCUT2D eigenvalue weighted by molar-refractivity contribution is 5.92. The Morgan fingerprint density at radius 2 is 2.17 bits per heavy atom. The first-order chi connectivity index (χ1) is 8.65. The number of hydrogen-bond acceptors (Lipinski definition) is 4. The van der Waals surface area contributed by atoms with E-state index < -0.39 is 17.2 Å². The maximum atomic E-state index is 11.7. The number of amides is 1. The zero-order valence-corrected chi connectivity index (χ0v) is 9.91. The van der Waals surface area contributed by atoms with Gasteiger partial charge in [-0.05, 0) is 19.4 Å². The number of piperidine rings is 1. The minimum Gasteiger partial charge on any atom is -0.349 e. The zero-order chi connectivity index (χ0) is 13.0. The number of aromatic amines is 2. The molecule has 1 saturated heterocycles. The fourth-order valence-electron chi connectivity index (χ4n) is 2.00. The van der Waals surface area contributed by atoms with Gasteiger partial charge in [0.1, 0.15) is 5.69 Å². The van der Waals surface area contributed by atoms with Crippen molar-refractivity contribution in [2.45, 2.75) is 25.3 Å². The van der Waals surface area contributed by atoms with E-state index in [1.165, 1.54) is 0 Å². The molecule has 0 aliphatic carbocycles. The summed E-state index contributed by atoms with van der Waals surface area (Å²) in [6.45, 7) is 1.45. The van der Waals surface area contributed by atoms with Crippen molar-refractivity contribution in [3.8, 4) is 0 Å². The molecule has 0 radical (unpaired) electrons. The zero-order valence-electron chi connectivity index (χ0n) is 9.91. The van der Waals surface area contributed by atoms with Gasteiger partial charge in [-0.3, -0.25) is 14.6 Å². The Morgan fingerprint density at radius 1 is 1.33 bits per heavy atom. The smallest absolute Gasteiger partial charge is 0.326 e. The van der Waals surface area contributed by atoms with Crippen molar-refractivity contribution < 1.29 is 4.79 Å². The van der Waals surface area contributed by atoms with E-state index in [1.807, 2.05) is 4.98 Å². The van der Waals surface area contributed by atoms with Crippen molar-refractivity contribution in [2.75, 3.05) is 13.1 Å². The van der Waals surface area contributed by atoms with Crippen LogP contribution in [-0.2, 0) is 0 Å². The SMILES string of the molecule is O=C(NCC1CCCCN1)c1cc(=O)[nH]c(=O)[nH]1. The summed E-state index contributed by atoms with van der Waals surface area (Å²) in [5.74, 6) is -0.439. The molecule has 1 unspecified atom stereocenters. The highest BCUT2D eigenvalue weighted by Gasteiger charge is 2.14. The Morgan fingerprint density at radius 3 is 2.83 bits per heavy atom. The Bertz CT molecular complexity index is 499. The molecule has 4 N–H and O–H groups in total. The average molecular weight is 252 g/mol. The van der Waals surface area contributed by atoms with E-state index in [0.717, 1.165) is 31.9 Å². The van der Waals surface area contributed by atoms with Crippen molar-refractivity contribution in [3.05, 3.63) is 32.6 Å². The lowest BCUT2D eigenvalue weighted by Crippen LogP contribution is -2.44. The molecule has 1 fully saturated rings. The molecule has 98 valence electrons. The van der Waals surface area contributed by atoms with Crippen molar-refractivity contribution in [1.29, 1.82) is 0 Å². The van der Waals surface area contributed by atoms with Gasteiger partial charge >= 0.3 is 5.69 Å². The molecule has 1 aromatic rings. The topological polar surface area (TPSA) is 107 Å². The Kier molecular flexibility index (Phi) is 3.93. The van der Waals surface area contributed by atoms with Gasteiger partial charge in [-0.2, -0.15) is 0 Å². The van der Waals surface area contributed by atoms with E-state index >= 15 is 0 Å². The third-order valence-corrected chi connectivity index (χ3v) is 2.93. The average Bonchev–Trinajstić information content (AvgIpc) is 2.36. The highest BCUT2D eigenvalue weighted by Crippen LogP contribution is 2.05. The molecule has 18 heavy (non-hydrogen) atoms. The van der Waals surface area contributed by atoms with Crippen molar-refractivity contribution in [3.63, 3.8) is 0 Å². The molecule has 1 aliphatic rings. The molecular weight excluding hydrogens is 236 g/mol. The van der Waals surface area contributed by atoms with Gasteiger partial charge in [-0.25, -0.2) is 4.79 Å². The summed E-state index contributed by atoms with van der Waals surface area (Å²) in [6.07, 6.45) is 3.33. The third-order valence-electron chi connectivity index (χ3n) is 2.93. The summed E-state index contributed by atoms with van der Waals surface area (Å²) in [6, 6.07) is 1.34. The second-order valence-electron chi connectivity index (χ2n) is 4.36. The van der Waals surface area contributed by atoms with Crippen LogP contribution in [0, 0.1) is 0 Å². The first kappa shape index (κ1) is 12.6. The maximum absolute atomic E-state index is 11.7. The lowest BCUT2D eigenvalue weighted by atomic mass is 10.1. The normalized spacial score (nSPS) is 19.4. The minimum absolute atomic E-state index is 0.0143. The van der Waals surface area contributed by atoms with Gasteiger partial charge < -0.3 is 15.6 Å². The molecule has 7 heteroatoms. The number of aromatic nitrogens is 2. The number of hydrogen-bond donors (Lipinski definition) is 4. The number of rotatable bonds is 3. The molecule has 1 aromatic heterocycles. The third kappa shape index (κ3) is 3.30. The summed E-state index contributed by atoms with van der Waals surface area (Å²) >= 11 is 0. The largest absolute Gasteiger partial charge is 0.349 e. The molecule has 7 nitrogen and oxygen atoms in total. The van der Waals surface area contributed by atoms with Crippen LogP contribution >= 0.6 is 0 Å². The standard InChI is InChI=1S/C11H16N4O3/c16-9-5-8(14-11(18)15-9)10(17)13-6-7-3-1-2-4-12-7/h5,7,12H,1-4,6H2,(H,13,17)(H2,14,15,16,18). The van der Waals surface area contributed by atoms with E-state index in [4.69, 9.17) is 0 Å². The second-order valence-corrected chi connectivity index (χ2v) is 4.36. The molecule has 0 spiro atoms. The van der Waals surface area contributed by atoms with Gasteiger partial charge in [-0.1, -0.05) is 6.42 Å². The first-order valence-electron chi connectivity index (χ1n) is 6.00.